The molecule has 2 rings (SSSR count). The molecule has 0 aliphatic carbocycles. The van der Waals surface area contributed by atoms with E-state index < -0.39 is 10.0 Å². The van der Waals surface area contributed by atoms with Crippen LogP contribution in [0.4, 0.5) is 5.69 Å². The maximum atomic E-state index is 12.6. The van der Waals surface area contributed by atoms with Crippen LogP contribution in [0.3, 0.4) is 0 Å². The molecule has 2 amide bonds. The Morgan fingerprint density at radius 2 is 1.64 bits per heavy atom. The highest BCUT2D eigenvalue weighted by Crippen LogP contribution is 2.28. The van der Waals surface area contributed by atoms with Crippen LogP contribution < -0.4 is 4.31 Å². The number of hydrogen-bond donors (Lipinski definition) is 0. The lowest BCUT2D eigenvalue weighted by molar-refractivity contribution is -0.133. The summed E-state index contributed by atoms with van der Waals surface area (Å²) in [6.07, 6.45) is 1.88. The molecule has 1 aliphatic rings. The van der Waals surface area contributed by atoms with Crippen molar-refractivity contribution in [2.75, 3.05) is 43.3 Å². The standard InChI is InChI=1S/C17H25N3O4S/c1-13-9-14(2)17(15(3)10-13)20(25(4,23)24)11-16(22)19-7-5-18(12-21)6-8-19/h9-10,12H,5-8,11H2,1-4H3. The van der Waals surface area contributed by atoms with Crippen molar-refractivity contribution in [2.45, 2.75) is 20.8 Å². The number of hydrogen-bond acceptors (Lipinski definition) is 4. The van der Waals surface area contributed by atoms with Crippen LogP contribution in [0.25, 0.3) is 0 Å². The molecule has 1 aliphatic heterocycles. The summed E-state index contributed by atoms with van der Waals surface area (Å²) in [5.41, 5.74) is 3.25. The van der Waals surface area contributed by atoms with Crippen LogP contribution in [0.15, 0.2) is 12.1 Å². The summed E-state index contributed by atoms with van der Waals surface area (Å²) in [5, 5.41) is 0. The van der Waals surface area contributed by atoms with Gasteiger partial charge in [0.25, 0.3) is 0 Å². The number of aryl methyl sites for hydroxylation is 3. The van der Waals surface area contributed by atoms with Crippen LogP contribution in [0, 0.1) is 20.8 Å². The average molecular weight is 367 g/mol. The van der Waals surface area contributed by atoms with E-state index in [4.69, 9.17) is 0 Å². The maximum Gasteiger partial charge on any atom is 0.243 e. The van der Waals surface area contributed by atoms with E-state index in [2.05, 4.69) is 0 Å². The maximum absolute atomic E-state index is 12.6. The fourth-order valence-corrected chi connectivity index (χ4v) is 4.19. The zero-order valence-electron chi connectivity index (χ0n) is 15.2. The van der Waals surface area contributed by atoms with Gasteiger partial charge in [0.1, 0.15) is 6.54 Å². The Labute approximate surface area is 149 Å². The van der Waals surface area contributed by atoms with Crippen LogP contribution in [-0.2, 0) is 19.6 Å². The second-order valence-electron chi connectivity index (χ2n) is 6.54. The minimum absolute atomic E-state index is 0.231. The van der Waals surface area contributed by atoms with Crippen LogP contribution in [-0.4, -0.2) is 69.5 Å². The van der Waals surface area contributed by atoms with Gasteiger partial charge in [-0.2, -0.15) is 0 Å². The van der Waals surface area contributed by atoms with E-state index in [1.54, 1.807) is 9.80 Å². The van der Waals surface area contributed by atoms with E-state index in [0.29, 0.717) is 31.9 Å². The summed E-state index contributed by atoms with van der Waals surface area (Å²) < 4.78 is 25.9. The van der Waals surface area contributed by atoms with Gasteiger partial charge in [-0.3, -0.25) is 13.9 Å². The van der Waals surface area contributed by atoms with Gasteiger partial charge in [0.15, 0.2) is 0 Å². The van der Waals surface area contributed by atoms with Gasteiger partial charge in [0.2, 0.25) is 22.3 Å². The van der Waals surface area contributed by atoms with E-state index >= 15 is 0 Å². The van der Waals surface area contributed by atoms with Gasteiger partial charge in [-0.25, -0.2) is 8.42 Å². The van der Waals surface area contributed by atoms with Crippen LogP contribution >= 0.6 is 0 Å². The number of piperazine rings is 1. The molecule has 7 nitrogen and oxygen atoms in total. The van der Waals surface area contributed by atoms with Crippen molar-refractivity contribution in [3.05, 3.63) is 28.8 Å². The lowest BCUT2D eigenvalue weighted by Crippen LogP contribution is -2.51. The van der Waals surface area contributed by atoms with E-state index in [0.717, 1.165) is 29.4 Å². The molecule has 1 aromatic carbocycles. The fourth-order valence-electron chi connectivity index (χ4n) is 3.23. The number of nitrogens with zero attached hydrogens (tertiary/aromatic N) is 3. The Morgan fingerprint density at radius 1 is 1.12 bits per heavy atom. The Hall–Kier alpha value is -2.09. The van der Waals surface area contributed by atoms with Crippen molar-refractivity contribution < 1.29 is 18.0 Å². The summed E-state index contributed by atoms with van der Waals surface area (Å²) in [7, 11) is -3.61. The first-order valence-electron chi connectivity index (χ1n) is 8.16. The summed E-state index contributed by atoms with van der Waals surface area (Å²) in [4.78, 5) is 26.6. The van der Waals surface area contributed by atoms with Gasteiger partial charge in [-0.15, -0.1) is 0 Å². The third-order valence-electron chi connectivity index (χ3n) is 4.38. The van der Waals surface area contributed by atoms with Gasteiger partial charge in [0, 0.05) is 26.2 Å². The van der Waals surface area contributed by atoms with E-state index in [-0.39, 0.29) is 12.5 Å². The van der Waals surface area contributed by atoms with Crippen LogP contribution in [0.2, 0.25) is 0 Å². The largest absolute Gasteiger partial charge is 0.342 e. The first-order valence-corrected chi connectivity index (χ1v) is 10.0. The van der Waals surface area contributed by atoms with Crippen LogP contribution in [0.5, 0.6) is 0 Å². The lowest BCUT2D eigenvalue weighted by Gasteiger charge is -2.34. The van der Waals surface area contributed by atoms with Crippen LogP contribution in [0.1, 0.15) is 16.7 Å². The number of carbonyl (C=O) groups is 2. The highest BCUT2D eigenvalue weighted by molar-refractivity contribution is 7.92. The molecule has 0 spiro atoms. The van der Waals surface area contributed by atoms with Crippen molar-refractivity contribution in [1.29, 1.82) is 0 Å². The number of anilines is 1. The van der Waals surface area contributed by atoms with Crippen molar-refractivity contribution in [1.82, 2.24) is 9.80 Å². The molecular formula is C17H25N3O4S. The highest BCUT2D eigenvalue weighted by atomic mass is 32.2. The van der Waals surface area contributed by atoms with Gasteiger partial charge in [-0.1, -0.05) is 17.7 Å². The number of rotatable bonds is 5. The third kappa shape index (κ3) is 4.50. The molecule has 1 saturated heterocycles. The minimum atomic E-state index is -3.61. The predicted octanol–water partition coefficient (Wildman–Crippen LogP) is 0.678. The van der Waals surface area contributed by atoms with Crippen molar-refractivity contribution in [3.8, 4) is 0 Å². The molecule has 0 bridgehead atoms. The first kappa shape index (κ1) is 19.2. The number of amides is 2. The highest BCUT2D eigenvalue weighted by Gasteiger charge is 2.28. The van der Waals surface area contributed by atoms with Gasteiger partial charge in [0.05, 0.1) is 11.9 Å². The Balaban J connectivity index is 2.26. The van der Waals surface area contributed by atoms with Crippen molar-refractivity contribution in [3.63, 3.8) is 0 Å². The van der Waals surface area contributed by atoms with Gasteiger partial charge in [-0.05, 0) is 31.9 Å². The van der Waals surface area contributed by atoms with Crippen molar-refractivity contribution >= 4 is 28.0 Å². The predicted molar refractivity (Wildman–Crippen MR) is 97.1 cm³/mol. The number of carbonyl (C=O) groups excluding carboxylic acids is 2. The molecule has 0 saturated carbocycles. The minimum Gasteiger partial charge on any atom is -0.342 e. The summed E-state index contributed by atoms with van der Waals surface area (Å²) in [6.45, 7) is 7.19. The molecule has 138 valence electrons. The molecule has 0 aromatic heterocycles. The third-order valence-corrected chi connectivity index (χ3v) is 5.49. The van der Waals surface area contributed by atoms with E-state index in [9.17, 15) is 18.0 Å². The zero-order valence-corrected chi connectivity index (χ0v) is 16.0. The van der Waals surface area contributed by atoms with Crippen molar-refractivity contribution in [2.24, 2.45) is 0 Å². The lowest BCUT2D eigenvalue weighted by atomic mass is 10.1. The Kier molecular flexibility index (Phi) is 5.72. The molecule has 1 fully saturated rings. The number of benzene rings is 1. The fraction of sp³-hybridized carbons (Fsp3) is 0.529. The molecular weight excluding hydrogens is 342 g/mol. The molecule has 1 aromatic rings. The first-order chi connectivity index (χ1) is 11.6. The quantitative estimate of drug-likeness (QED) is 0.717. The molecule has 8 heteroatoms. The summed E-state index contributed by atoms with van der Waals surface area (Å²) in [6, 6.07) is 3.82. The number of sulfonamides is 1. The second kappa shape index (κ2) is 7.43. The monoisotopic (exact) mass is 367 g/mol. The molecule has 0 atom stereocenters. The van der Waals surface area contributed by atoms with E-state index in [1.807, 2.05) is 32.9 Å². The van der Waals surface area contributed by atoms with Gasteiger partial charge >= 0.3 is 0 Å². The summed E-state index contributed by atoms with van der Waals surface area (Å²) in [5.74, 6) is -0.254. The average Bonchev–Trinajstić information content (AvgIpc) is 2.52. The Bertz CT molecular complexity index is 745. The SMILES string of the molecule is Cc1cc(C)c(N(CC(=O)N2CCN(C=O)CC2)S(C)(=O)=O)c(C)c1. The molecule has 0 radical (unpaired) electrons. The summed E-state index contributed by atoms with van der Waals surface area (Å²) >= 11 is 0. The smallest absolute Gasteiger partial charge is 0.243 e. The molecule has 1 heterocycles. The molecule has 25 heavy (non-hydrogen) atoms. The second-order valence-corrected chi connectivity index (χ2v) is 8.45. The normalized spacial score (nSPS) is 15.2. The molecule has 0 unspecified atom stereocenters. The van der Waals surface area contributed by atoms with E-state index in [1.165, 1.54) is 4.31 Å². The topological polar surface area (TPSA) is 78.0 Å². The van der Waals surface area contributed by atoms with Gasteiger partial charge < -0.3 is 9.80 Å². The zero-order chi connectivity index (χ0) is 18.8. The molecule has 0 N–H and O–H groups in total. The Morgan fingerprint density at radius 3 is 2.08 bits per heavy atom.